The topological polar surface area (TPSA) is 27.7 Å². The van der Waals surface area contributed by atoms with Crippen molar-refractivity contribution in [2.45, 2.75) is 0 Å². The van der Waals surface area contributed by atoms with Crippen LogP contribution in [0.5, 0.6) is 17.2 Å². The van der Waals surface area contributed by atoms with Gasteiger partial charge >= 0.3 is 0 Å². The highest BCUT2D eigenvalue weighted by Crippen LogP contribution is 2.27. The van der Waals surface area contributed by atoms with Gasteiger partial charge in [0.2, 0.25) is 0 Å². The van der Waals surface area contributed by atoms with Gasteiger partial charge in [-0.2, -0.15) is 0 Å². The first kappa shape index (κ1) is 15.4. The van der Waals surface area contributed by atoms with Crippen LogP contribution in [0.3, 0.4) is 0 Å². The van der Waals surface area contributed by atoms with Crippen LogP contribution in [0.1, 0.15) is 11.1 Å². The predicted octanol–water partition coefficient (Wildman–Crippen LogP) is 4.65. The smallest absolute Gasteiger partial charge is 0.133 e. The first-order valence-corrected chi connectivity index (χ1v) is 7.20. The molecule has 0 amide bonds. The third kappa shape index (κ3) is 4.02. The van der Waals surface area contributed by atoms with E-state index < -0.39 is 0 Å². The summed E-state index contributed by atoms with van der Waals surface area (Å²) in [5.74, 6) is 2.35. The van der Waals surface area contributed by atoms with Crippen molar-refractivity contribution in [3.05, 3.63) is 52.0 Å². The van der Waals surface area contributed by atoms with E-state index in [1.165, 1.54) is 0 Å². The molecule has 21 heavy (non-hydrogen) atoms. The highest BCUT2D eigenvalue weighted by Gasteiger charge is 2.01. The maximum atomic E-state index is 5.26. The molecule has 0 N–H and O–H groups in total. The molecule has 0 atom stereocenters. The third-order valence-corrected chi connectivity index (χ3v) is 3.64. The summed E-state index contributed by atoms with van der Waals surface area (Å²) in [6, 6.07) is 11.7. The molecule has 0 radical (unpaired) electrons. The number of methoxy groups -OCH3 is 3. The van der Waals surface area contributed by atoms with E-state index in [-0.39, 0.29) is 0 Å². The quantitative estimate of drug-likeness (QED) is 0.736. The van der Waals surface area contributed by atoms with E-state index in [4.69, 9.17) is 14.2 Å². The van der Waals surface area contributed by atoms with E-state index >= 15 is 0 Å². The highest BCUT2D eigenvalue weighted by atomic mass is 79.9. The molecule has 0 unspecified atom stereocenters. The van der Waals surface area contributed by atoms with Crippen LogP contribution in [-0.4, -0.2) is 21.3 Å². The van der Waals surface area contributed by atoms with Crippen molar-refractivity contribution in [2.75, 3.05) is 21.3 Å². The van der Waals surface area contributed by atoms with Crippen LogP contribution in [-0.2, 0) is 0 Å². The Labute approximate surface area is 133 Å². The zero-order valence-electron chi connectivity index (χ0n) is 12.2. The molecule has 0 aromatic heterocycles. The number of halogens is 1. The molecule has 4 heteroatoms. The molecule has 110 valence electrons. The number of rotatable bonds is 5. The van der Waals surface area contributed by atoms with Gasteiger partial charge in [0.15, 0.2) is 0 Å². The standard InChI is InChI=1S/C17H17BrO3/c1-19-14-8-13(9-15(11-14)20-2)5-4-12-6-7-17(21-3)16(18)10-12/h4-11H,1-3H3/b5-4+. The first-order chi connectivity index (χ1) is 10.2. The molecule has 2 aromatic rings. The second-order valence-electron chi connectivity index (χ2n) is 4.37. The highest BCUT2D eigenvalue weighted by molar-refractivity contribution is 9.10. The second-order valence-corrected chi connectivity index (χ2v) is 5.23. The van der Waals surface area contributed by atoms with Gasteiger partial charge in [-0.15, -0.1) is 0 Å². The zero-order valence-corrected chi connectivity index (χ0v) is 13.8. The average molecular weight is 349 g/mol. The van der Waals surface area contributed by atoms with Gasteiger partial charge in [-0.25, -0.2) is 0 Å². The summed E-state index contributed by atoms with van der Waals surface area (Å²) in [7, 11) is 4.93. The third-order valence-electron chi connectivity index (χ3n) is 3.02. The monoisotopic (exact) mass is 348 g/mol. The lowest BCUT2D eigenvalue weighted by Gasteiger charge is -2.06. The summed E-state index contributed by atoms with van der Waals surface area (Å²) in [5, 5.41) is 0. The number of hydrogen-bond donors (Lipinski definition) is 0. The Morgan fingerprint density at radius 3 is 1.90 bits per heavy atom. The normalized spacial score (nSPS) is 10.7. The molecular weight excluding hydrogens is 332 g/mol. The average Bonchev–Trinajstić information content (AvgIpc) is 2.52. The minimum Gasteiger partial charge on any atom is -0.497 e. The van der Waals surface area contributed by atoms with Crippen molar-refractivity contribution in [1.82, 2.24) is 0 Å². The summed E-state index contributed by atoms with van der Waals surface area (Å²) in [6.07, 6.45) is 4.04. The minimum atomic E-state index is 0.768. The fourth-order valence-electron chi connectivity index (χ4n) is 1.90. The Morgan fingerprint density at radius 2 is 1.38 bits per heavy atom. The van der Waals surface area contributed by atoms with Crippen molar-refractivity contribution >= 4 is 28.1 Å². The minimum absolute atomic E-state index is 0.768. The molecule has 0 aliphatic rings. The fourth-order valence-corrected chi connectivity index (χ4v) is 2.46. The van der Waals surface area contributed by atoms with Gasteiger partial charge in [0.05, 0.1) is 25.8 Å². The van der Waals surface area contributed by atoms with Gasteiger partial charge in [0.1, 0.15) is 17.2 Å². The molecule has 0 fully saturated rings. The lowest BCUT2D eigenvalue weighted by molar-refractivity contribution is 0.394. The van der Waals surface area contributed by atoms with Crippen LogP contribution in [0.2, 0.25) is 0 Å². The van der Waals surface area contributed by atoms with E-state index in [9.17, 15) is 0 Å². The number of hydrogen-bond acceptors (Lipinski definition) is 3. The van der Waals surface area contributed by atoms with E-state index in [0.717, 1.165) is 32.8 Å². The van der Waals surface area contributed by atoms with Crippen LogP contribution in [0.25, 0.3) is 12.2 Å². The number of benzene rings is 2. The molecular formula is C17H17BrO3. The molecule has 0 bridgehead atoms. The van der Waals surface area contributed by atoms with Crippen molar-refractivity contribution in [3.63, 3.8) is 0 Å². The van der Waals surface area contributed by atoms with Gasteiger partial charge in [0.25, 0.3) is 0 Å². The molecule has 3 nitrogen and oxygen atoms in total. The van der Waals surface area contributed by atoms with Crippen molar-refractivity contribution < 1.29 is 14.2 Å². The van der Waals surface area contributed by atoms with Crippen molar-refractivity contribution in [3.8, 4) is 17.2 Å². The molecule has 0 aliphatic carbocycles. The van der Waals surface area contributed by atoms with Crippen molar-refractivity contribution in [1.29, 1.82) is 0 Å². The lowest BCUT2D eigenvalue weighted by Crippen LogP contribution is -1.88. The Kier molecular flexibility index (Phi) is 5.28. The summed E-state index contributed by atoms with van der Waals surface area (Å²) in [6.45, 7) is 0. The van der Waals surface area contributed by atoms with Crippen LogP contribution in [0.15, 0.2) is 40.9 Å². The molecule has 0 spiro atoms. The van der Waals surface area contributed by atoms with E-state index in [1.807, 2.05) is 48.6 Å². The maximum Gasteiger partial charge on any atom is 0.133 e. The van der Waals surface area contributed by atoms with Crippen molar-refractivity contribution in [2.24, 2.45) is 0 Å². The van der Waals surface area contributed by atoms with E-state index in [0.29, 0.717) is 0 Å². The summed E-state index contributed by atoms with van der Waals surface area (Å²) < 4.78 is 16.7. The SMILES string of the molecule is COc1cc(/C=C/c2ccc(OC)c(Br)c2)cc(OC)c1. The summed E-state index contributed by atoms with van der Waals surface area (Å²) in [4.78, 5) is 0. The second kappa shape index (κ2) is 7.18. The molecule has 0 heterocycles. The first-order valence-electron chi connectivity index (χ1n) is 6.41. The van der Waals surface area contributed by atoms with Gasteiger partial charge < -0.3 is 14.2 Å². The van der Waals surface area contributed by atoms with Gasteiger partial charge in [-0.1, -0.05) is 18.2 Å². The van der Waals surface area contributed by atoms with Crippen LogP contribution in [0, 0.1) is 0 Å². The van der Waals surface area contributed by atoms with Crippen LogP contribution in [0.4, 0.5) is 0 Å². The lowest BCUT2D eigenvalue weighted by atomic mass is 10.1. The molecule has 0 saturated heterocycles. The Bertz CT molecular complexity index is 628. The Hall–Kier alpha value is -1.94. The van der Waals surface area contributed by atoms with E-state index in [1.54, 1.807) is 21.3 Å². The maximum absolute atomic E-state index is 5.26. The zero-order chi connectivity index (χ0) is 15.2. The molecule has 0 saturated carbocycles. The van der Waals surface area contributed by atoms with Crippen LogP contribution >= 0.6 is 15.9 Å². The summed E-state index contributed by atoms with van der Waals surface area (Å²) in [5.41, 5.74) is 2.09. The molecule has 0 aliphatic heterocycles. The van der Waals surface area contributed by atoms with Gasteiger partial charge in [-0.3, -0.25) is 0 Å². The Morgan fingerprint density at radius 1 is 0.762 bits per heavy atom. The largest absolute Gasteiger partial charge is 0.497 e. The van der Waals surface area contributed by atoms with Gasteiger partial charge in [0, 0.05) is 6.07 Å². The molecule has 2 rings (SSSR count). The number of ether oxygens (including phenoxy) is 3. The fraction of sp³-hybridized carbons (Fsp3) is 0.176. The summed E-state index contributed by atoms with van der Waals surface area (Å²) >= 11 is 3.48. The Balaban J connectivity index is 2.26. The van der Waals surface area contributed by atoms with Gasteiger partial charge in [-0.05, 0) is 51.3 Å². The van der Waals surface area contributed by atoms with Crippen LogP contribution < -0.4 is 14.2 Å². The van der Waals surface area contributed by atoms with E-state index in [2.05, 4.69) is 15.9 Å². The molecule has 2 aromatic carbocycles. The predicted molar refractivity (Wildman–Crippen MR) is 89.2 cm³/mol.